The van der Waals surface area contributed by atoms with Gasteiger partial charge in [-0.2, -0.15) is 0 Å². The van der Waals surface area contributed by atoms with Crippen LogP contribution in [-0.4, -0.2) is 53.3 Å². The molecule has 1 unspecified atom stereocenters. The van der Waals surface area contributed by atoms with Crippen LogP contribution in [0.3, 0.4) is 0 Å². The van der Waals surface area contributed by atoms with Crippen LogP contribution in [0.2, 0.25) is 0 Å². The predicted octanol–water partition coefficient (Wildman–Crippen LogP) is 3.77. The molecule has 6 nitrogen and oxygen atoms in total. The zero-order chi connectivity index (χ0) is 20.4. The van der Waals surface area contributed by atoms with E-state index in [4.69, 9.17) is 24.5 Å². The van der Waals surface area contributed by atoms with E-state index in [-0.39, 0.29) is 0 Å². The van der Waals surface area contributed by atoms with E-state index in [9.17, 15) is 0 Å². The highest BCUT2D eigenvalue weighted by molar-refractivity contribution is 6.27. The first-order chi connectivity index (χ1) is 12.7. The number of carbonyl (C=O) groups is 2. The van der Waals surface area contributed by atoms with Crippen molar-refractivity contribution >= 4 is 11.9 Å². The summed E-state index contributed by atoms with van der Waals surface area (Å²) in [5.74, 6) is -1.19. The minimum absolute atomic E-state index is 0.557. The average molecular weight is 379 g/mol. The number of hydrogen-bond donors (Lipinski definition) is 2. The predicted molar refractivity (Wildman–Crippen MR) is 105 cm³/mol. The number of ether oxygens (including phenoxy) is 1. The Morgan fingerprint density at radius 1 is 1.22 bits per heavy atom. The van der Waals surface area contributed by atoms with Crippen molar-refractivity contribution in [3.05, 3.63) is 29.3 Å². The van der Waals surface area contributed by atoms with Gasteiger partial charge in [0.15, 0.2) is 0 Å². The molecule has 1 heterocycles. The summed E-state index contributed by atoms with van der Waals surface area (Å²) in [5.41, 5.74) is 2.66. The number of piperidine rings is 1. The second-order valence-corrected chi connectivity index (χ2v) is 7.59. The lowest BCUT2D eigenvalue weighted by atomic mass is 10.0. The SMILES string of the molecule is Cc1cc(OCCCN2CCCC(C)C2)cc(C(C)C)c1.O=C(O)C(=O)O. The Kier molecular flexibility index (Phi) is 9.86. The zero-order valence-corrected chi connectivity index (χ0v) is 16.9. The number of benzene rings is 1. The number of aliphatic carboxylic acids is 2. The molecule has 152 valence electrons. The summed E-state index contributed by atoms with van der Waals surface area (Å²) >= 11 is 0. The third-order valence-electron chi connectivity index (χ3n) is 4.55. The van der Waals surface area contributed by atoms with Crippen LogP contribution in [0.1, 0.15) is 57.1 Å². The van der Waals surface area contributed by atoms with Crippen molar-refractivity contribution in [1.82, 2.24) is 4.90 Å². The van der Waals surface area contributed by atoms with Crippen LogP contribution in [0.25, 0.3) is 0 Å². The van der Waals surface area contributed by atoms with Crippen LogP contribution in [0.15, 0.2) is 18.2 Å². The molecule has 1 aliphatic rings. The summed E-state index contributed by atoms with van der Waals surface area (Å²) in [6, 6.07) is 6.60. The first-order valence-corrected chi connectivity index (χ1v) is 9.62. The van der Waals surface area contributed by atoms with E-state index >= 15 is 0 Å². The Bertz CT molecular complexity index is 603. The third-order valence-corrected chi connectivity index (χ3v) is 4.55. The average Bonchev–Trinajstić information content (AvgIpc) is 2.59. The van der Waals surface area contributed by atoms with E-state index in [0.717, 1.165) is 24.7 Å². The number of carboxylic acids is 2. The maximum absolute atomic E-state index is 9.10. The molecular weight excluding hydrogens is 346 g/mol. The van der Waals surface area contributed by atoms with Crippen molar-refractivity contribution in [3.8, 4) is 5.75 Å². The first kappa shape index (κ1) is 23.0. The minimum Gasteiger partial charge on any atom is -0.494 e. The molecule has 0 radical (unpaired) electrons. The molecule has 1 aromatic carbocycles. The molecule has 2 rings (SSSR count). The summed E-state index contributed by atoms with van der Waals surface area (Å²) in [4.78, 5) is 20.8. The maximum Gasteiger partial charge on any atom is 0.414 e. The van der Waals surface area contributed by atoms with Gasteiger partial charge in [-0.3, -0.25) is 0 Å². The van der Waals surface area contributed by atoms with E-state index in [2.05, 4.69) is 50.8 Å². The molecule has 2 N–H and O–H groups in total. The van der Waals surface area contributed by atoms with Crippen molar-refractivity contribution < 1.29 is 24.5 Å². The highest BCUT2D eigenvalue weighted by atomic mass is 16.5. The largest absolute Gasteiger partial charge is 0.494 e. The normalized spacial score (nSPS) is 17.1. The van der Waals surface area contributed by atoms with Gasteiger partial charge in [-0.05, 0) is 67.8 Å². The van der Waals surface area contributed by atoms with Crippen LogP contribution < -0.4 is 4.74 Å². The van der Waals surface area contributed by atoms with Gasteiger partial charge in [-0.15, -0.1) is 0 Å². The molecule has 1 fully saturated rings. The van der Waals surface area contributed by atoms with Gasteiger partial charge in [0.05, 0.1) is 6.61 Å². The number of nitrogens with zero attached hydrogens (tertiary/aromatic N) is 1. The van der Waals surface area contributed by atoms with Gasteiger partial charge in [-0.1, -0.05) is 26.8 Å². The molecule has 0 aromatic heterocycles. The van der Waals surface area contributed by atoms with Crippen molar-refractivity contribution in [2.75, 3.05) is 26.2 Å². The van der Waals surface area contributed by atoms with Crippen LogP contribution in [0.5, 0.6) is 5.75 Å². The van der Waals surface area contributed by atoms with Gasteiger partial charge in [0.25, 0.3) is 0 Å². The number of likely N-dealkylation sites (tertiary alicyclic amines) is 1. The van der Waals surface area contributed by atoms with E-state index in [1.165, 1.54) is 43.6 Å². The molecule has 1 aromatic rings. The standard InChI is InChI=1S/C19H31NO.C2H2O4/c1-15(2)18-11-17(4)12-19(13-18)21-10-6-9-20-8-5-7-16(3)14-20;3-1(4)2(5)6/h11-13,15-16H,5-10,14H2,1-4H3;(H,3,4)(H,5,6). The van der Waals surface area contributed by atoms with E-state index in [1.54, 1.807) is 0 Å². The molecule has 0 saturated carbocycles. The number of rotatable bonds is 6. The molecule has 1 atom stereocenters. The molecule has 0 bridgehead atoms. The maximum atomic E-state index is 9.10. The van der Waals surface area contributed by atoms with Gasteiger partial charge in [0.2, 0.25) is 0 Å². The molecule has 0 spiro atoms. The monoisotopic (exact) mass is 379 g/mol. The number of aryl methyl sites for hydroxylation is 1. The lowest BCUT2D eigenvalue weighted by molar-refractivity contribution is -0.159. The Morgan fingerprint density at radius 3 is 2.44 bits per heavy atom. The van der Waals surface area contributed by atoms with Crippen LogP contribution in [0.4, 0.5) is 0 Å². The fraction of sp³-hybridized carbons (Fsp3) is 0.619. The highest BCUT2D eigenvalue weighted by Gasteiger charge is 2.15. The van der Waals surface area contributed by atoms with Gasteiger partial charge >= 0.3 is 11.9 Å². The lowest BCUT2D eigenvalue weighted by Crippen LogP contribution is -2.35. The number of hydrogen-bond acceptors (Lipinski definition) is 4. The van der Waals surface area contributed by atoms with Crippen LogP contribution >= 0.6 is 0 Å². The Labute approximate surface area is 162 Å². The third kappa shape index (κ3) is 9.43. The van der Waals surface area contributed by atoms with Crippen molar-refractivity contribution in [2.45, 2.75) is 52.9 Å². The Hall–Kier alpha value is -2.08. The highest BCUT2D eigenvalue weighted by Crippen LogP contribution is 2.23. The summed E-state index contributed by atoms with van der Waals surface area (Å²) in [5, 5.41) is 14.8. The molecule has 1 aliphatic heterocycles. The van der Waals surface area contributed by atoms with Crippen molar-refractivity contribution in [1.29, 1.82) is 0 Å². The molecule has 27 heavy (non-hydrogen) atoms. The Balaban J connectivity index is 0.000000527. The van der Waals surface area contributed by atoms with Gasteiger partial charge in [-0.25, -0.2) is 9.59 Å². The summed E-state index contributed by atoms with van der Waals surface area (Å²) in [6.45, 7) is 13.5. The van der Waals surface area contributed by atoms with Crippen LogP contribution in [0, 0.1) is 12.8 Å². The fourth-order valence-electron chi connectivity index (χ4n) is 3.16. The van der Waals surface area contributed by atoms with Gasteiger partial charge in [0, 0.05) is 13.1 Å². The molecule has 0 aliphatic carbocycles. The minimum atomic E-state index is -1.82. The van der Waals surface area contributed by atoms with Gasteiger partial charge < -0.3 is 19.8 Å². The van der Waals surface area contributed by atoms with E-state index in [1.807, 2.05) is 0 Å². The quantitative estimate of drug-likeness (QED) is 0.578. The molecule has 0 amide bonds. The second-order valence-electron chi connectivity index (χ2n) is 7.59. The smallest absolute Gasteiger partial charge is 0.414 e. The molecule has 6 heteroatoms. The lowest BCUT2D eigenvalue weighted by Gasteiger charge is -2.30. The van der Waals surface area contributed by atoms with Crippen molar-refractivity contribution in [3.63, 3.8) is 0 Å². The summed E-state index contributed by atoms with van der Waals surface area (Å²) < 4.78 is 5.97. The van der Waals surface area contributed by atoms with E-state index < -0.39 is 11.9 Å². The zero-order valence-electron chi connectivity index (χ0n) is 16.9. The molecule has 1 saturated heterocycles. The van der Waals surface area contributed by atoms with Crippen molar-refractivity contribution in [2.24, 2.45) is 5.92 Å². The Morgan fingerprint density at radius 2 is 1.89 bits per heavy atom. The van der Waals surface area contributed by atoms with Crippen LogP contribution in [-0.2, 0) is 9.59 Å². The molecular formula is C21H33NO5. The fourth-order valence-corrected chi connectivity index (χ4v) is 3.16. The summed E-state index contributed by atoms with van der Waals surface area (Å²) in [7, 11) is 0. The summed E-state index contributed by atoms with van der Waals surface area (Å²) in [6.07, 6.45) is 3.88. The number of carboxylic acid groups (broad SMARTS) is 2. The van der Waals surface area contributed by atoms with Gasteiger partial charge in [0.1, 0.15) is 5.75 Å². The van der Waals surface area contributed by atoms with E-state index in [0.29, 0.717) is 5.92 Å². The second kappa shape index (κ2) is 11.6. The first-order valence-electron chi connectivity index (χ1n) is 9.62. The topological polar surface area (TPSA) is 87.1 Å².